The highest BCUT2D eigenvalue weighted by Gasteiger charge is 2.38. The molecule has 0 saturated carbocycles. The molecular weight excluding hydrogens is 468 g/mol. The number of halogens is 7. The highest BCUT2D eigenvalue weighted by atomic mass is 79.9. The lowest BCUT2D eigenvalue weighted by molar-refractivity contribution is -0.192. The van der Waals surface area contributed by atoms with Crippen molar-refractivity contribution in [1.82, 2.24) is 19.3 Å². The number of carboxylic acid groups (broad SMARTS) is 1. The van der Waals surface area contributed by atoms with Crippen LogP contribution in [0.5, 0.6) is 0 Å². The largest absolute Gasteiger partial charge is 0.490 e. The van der Waals surface area contributed by atoms with E-state index in [1.165, 1.54) is 6.20 Å². The van der Waals surface area contributed by atoms with Crippen molar-refractivity contribution in [2.45, 2.75) is 12.7 Å². The first-order valence-corrected chi connectivity index (χ1v) is 7.66. The van der Waals surface area contributed by atoms with Crippen LogP contribution in [0.4, 0.5) is 26.3 Å². The van der Waals surface area contributed by atoms with Crippen molar-refractivity contribution in [3.8, 4) is 5.82 Å². The quantitative estimate of drug-likeness (QED) is 0.651. The highest BCUT2D eigenvalue weighted by molar-refractivity contribution is 9.10. The Morgan fingerprint density at radius 3 is 2.32 bits per heavy atom. The Hall–Kier alpha value is -2.68. The van der Waals surface area contributed by atoms with Gasteiger partial charge in [0.25, 0.3) is 6.08 Å². The fraction of sp³-hybridized carbons (Fsp3) is 0.231. The van der Waals surface area contributed by atoms with Gasteiger partial charge in [-0.15, -0.1) is 0 Å². The minimum atomic E-state index is -5.08. The van der Waals surface area contributed by atoms with E-state index in [2.05, 4.69) is 26.0 Å². The van der Waals surface area contributed by atoms with Crippen molar-refractivity contribution in [1.29, 1.82) is 0 Å². The third-order valence-corrected chi connectivity index (χ3v) is 3.28. The Morgan fingerprint density at radius 2 is 1.89 bits per heavy atom. The van der Waals surface area contributed by atoms with Gasteiger partial charge in [0.05, 0.1) is 6.54 Å². The molecule has 0 fully saturated rings. The molecule has 0 spiro atoms. The van der Waals surface area contributed by atoms with Crippen LogP contribution in [0.15, 0.2) is 39.5 Å². The topological polar surface area (TPSA) is 116 Å². The van der Waals surface area contributed by atoms with Crippen LogP contribution in [0.25, 0.3) is 5.82 Å². The molecule has 28 heavy (non-hydrogen) atoms. The van der Waals surface area contributed by atoms with Gasteiger partial charge in [0.1, 0.15) is 6.33 Å². The predicted molar refractivity (Wildman–Crippen MR) is 85.3 cm³/mol. The molecule has 2 aromatic rings. The minimum Gasteiger partial charge on any atom is -0.475 e. The summed E-state index contributed by atoms with van der Waals surface area (Å²) >= 11 is 3.04. The number of hydrogen-bond acceptors (Lipinski definition) is 5. The molecule has 15 heteroatoms. The number of aromatic nitrogens is 4. The summed E-state index contributed by atoms with van der Waals surface area (Å²) in [5, 5.41) is 10.8. The molecule has 3 N–H and O–H groups in total. The van der Waals surface area contributed by atoms with Gasteiger partial charge in [-0.2, -0.15) is 27.1 Å². The predicted octanol–water partition coefficient (Wildman–Crippen LogP) is 2.07. The number of nitrogens with two attached hydrogens (primary N) is 1. The summed E-state index contributed by atoms with van der Waals surface area (Å²) in [5.74, 6) is -3.78. The van der Waals surface area contributed by atoms with Crippen molar-refractivity contribution in [3.63, 3.8) is 0 Å². The van der Waals surface area contributed by atoms with Crippen LogP contribution in [-0.2, 0) is 11.3 Å². The van der Waals surface area contributed by atoms with Crippen molar-refractivity contribution < 1.29 is 36.2 Å². The van der Waals surface area contributed by atoms with Gasteiger partial charge < -0.3 is 10.8 Å². The van der Waals surface area contributed by atoms with E-state index >= 15 is 0 Å². The summed E-state index contributed by atoms with van der Waals surface area (Å²) in [7, 11) is 0. The van der Waals surface area contributed by atoms with Crippen LogP contribution < -0.4 is 11.4 Å². The molecule has 0 aliphatic heterocycles. The third-order valence-electron chi connectivity index (χ3n) is 2.85. The van der Waals surface area contributed by atoms with Crippen molar-refractivity contribution in [2.75, 3.05) is 6.54 Å². The molecular formula is C13H10BrF6N5O3. The Balaban J connectivity index is 0.000000480. The van der Waals surface area contributed by atoms with Gasteiger partial charge in [0.2, 0.25) is 0 Å². The number of rotatable bonds is 4. The fourth-order valence-corrected chi connectivity index (χ4v) is 1.86. The highest BCUT2D eigenvalue weighted by Crippen LogP contribution is 2.15. The maximum atomic E-state index is 13.7. The number of carbonyl (C=O) groups is 1. The normalized spacial score (nSPS) is 10.9. The van der Waals surface area contributed by atoms with E-state index in [0.29, 0.717) is 4.47 Å². The number of alkyl halides is 3. The first-order valence-electron chi connectivity index (χ1n) is 6.87. The van der Waals surface area contributed by atoms with E-state index in [9.17, 15) is 31.1 Å². The van der Waals surface area contributed by atoms with E-state index in [-0.39, 0.29) is 5.82 Å². The van der Waals surface area contributed by atoms with Crippen LogP contribution in [0.1, 0.15) is 0 Å². The monoisotopic (exact) mass is 477 g/mol. The zero-order valence-corrected chi connectivity index (χ0v) is 15.0. The number of nitrogens with zero attached hydrogens (tertiary/aromatic N) is 4. The lowest BCUT2D eigenvalue weighted by atomic mass is 10.3. The van der Waals surface area contributed by atoms with Gasteiger partial charge in [-0.1, -0.05) is 0 Å². The molecule has 0 amide bonds. The third kappa shape index (κ3) is 6.19. The maximum Gasteiger partial charge on any atom is 0.490 e. The van der Waals surface area contributed by atoms with Crippen LogP contribution >= 0.6 is 15.9 Å². The molecule has 154 valence electrons. The number of hydrogen-bond donors (Lipinski definition) is 2. The van der Waals surface area contributed by atoms with E-state index in [0.717, 1.165) is 21.6 Å². The number of pyridine rings is 1. The van der Waals surface area contributed by atoms with Crippen molar-refractivity contribution in [3.05, 3.63) is 51.0 Å². The summed E-state index contributed by atoms with van der Waals surface area (Å²) < 4.78 is 72.5. The van der Waals surface area contributed by atoms with E-state index < -0.39 is 48.4 Å². The molecule has 0 aromatic carbocycles. The van der Waals surface area contributed by atoms with Gasteiger partial charge in [0, 0.05) is 22.8 Å². The number of carboxylic acids is 1. The summed E-state index contributed by atoms with van der Waals surface area (Å²) in [6, 6.07) is 1.12. The van der Waals surface area contributed by atoms with Crippen LogP contribution in [0, 0.1) is 5.82 Å². The molecule has 8 nitrogen and oxygen atoms in total. The second kappa shape index (κ2) is 9.50. The van der Waals surface area contributed by atoms with Crippen LogP contribution in [0.2, 0.25) is 0 Å². The van der Waals surface area contributed by atoms with Crippen LogP contribution in [-0.4, -0.2) is 43.1 Å². The molecule has 2 heterocycles. The standard InChI is InChI=1S/C11H9BrF3N5O.C2HF3O2/c12-7-1-8(13)10(17-3-7)19-5-18-20(11(19)21)4-6(2-16)9(14)15;3-2(4,5)1(6)7/h1,3,5H,2,4,16H2;(H,6,7). The molecule has 0 bridgehead atoms. The fourth-order valence-electron chi connectivity index (χ4n) is 1.56. The smallest absolute Gasteiger partial charge is 0.475 e. The van der Waals surface area contributed by atoms with Crippen LogP contribution in [0.3, 0.4) is 0 Å². The van der Waals surface area contributed by atoms with E-state index in [4.69, 9.17) is 15.6 Å². The molecule has 0 aliphatic carbocycles. The Labute approximate surface area is 160 Å². The molecule has 0 saturated heterocycles. The zero-order valence-electron chi connectivity index (χ0n) is 13.4. The second-order valence-corrected chi connectivity index (χ2v) is 5.69. The Kier molecular flexibility index (Phi) is 7.92. The van der Waals surface area contributed by atoms with Crippen molar-refractivity contribution in [2.24, 2.45) is 5.73 Å². The van der Waals surface area contributed by atoms with Crippen molar-refractivity contribution >= 4 is 21.9 Å². The maximum absolute atomic E-state index is 13.7. The Bertz CT molecular complexity index is 935. The number of aliphatic carboxylic acids is 1. The lowest BCUT2D eigenvalue weighted by Gasteiger charge is -2.03. The molecule has 0 atom stereocenters. The van der Waals surface area contributed by atoms with E-state index in [1.54, 1.807) is 0 Å². The SMILES string of the molecule is NCC(Cn1ncn(-c2ncc(Br)cc2F)c1=O)=C(F)F.O=C(O)C(F)(F)F. The lowest BCUT2D eigenvalue weighted by Crippen LogP contribution is -2.27. The summed E-state index contributed by atoms with van der Waals surface area (Å²) in [6.07, 6.45) is -4.74. The second-order valence-electron chi connectivity index (χ2n) is 4.77. The first-order chi connectivity index (χ1) is 12.9. The summed E-state index contributed by atoms with van der Waals surface area (Å²) in [5.41, 5.74) is 3.95. The first kappa shape index (κ1) is 23.4. The van der Waals surface area contributed by atoms with Gasteiger partial charge in [-0.05, 0) is 22.0 Å². The van der Waals surface area contributed by atoms with Gasteiger partial charge in [-0.25, -0.2) is 28.2 Å². The van der Waals surface area contributed by atoms with Gasteiger partial charge in [0.15, 0.2) is 11.6 Å². The van der Waals surface area contributed by atoms with Gasteiger partial charge in [-0.3, -0.25) is 0 Å². The zero-order chi connectivity index (χ0) is 21.6. The average Bonchev–Trinajstić information content (AvgIpc) is 2.92. The Morgan fingerprint density at radius 1 is 1.32 bits per heavy atom. The molecule has 2 rings (SSSR count). The molecule has 0 aliphatic rings. The molecule has 0 radical (unpaired) electrons. The minimum absolute atomic E-state index is 0.270. The molecule has 0 unspecified atom stereocenters. The summed E-state index contributed by atoms with van der Waals surface area (Å²) in [6.45, 7) is -0.880. The average molecular weight is 478 g/mol. The molecule has 2 aromatic heterocycles. The summed E-state index contributed by atoms with van der Waals surface area (Å²) in [4.78, 5) is 24.7. The van der Waals surface area contributed by atoms with Gasteiger partial charge >= 0.3 is 17.8 Å². The van der Waals surface area contributed by atoms with E-state index in [1.807, 2.05) is 0 Å².